The second kappa shape index (κ2) is 5.89. The van der Waals surface area contributed by atoms with E-state index >= 15 is 0 Å². The number of nitrogens with one attached hydrogen (secondary N) is 1. The molecule has 0 bridgehead atoms. The smallest absolute Gasteiger partial charge is 0.0113 e. The molecule has 3 rings (SSSR count). The predicted molar refractivity (Wildman–Crippen MR) is 75.8 cm³/mol. The van der Waals surface area contributed by atoms with E-state index in [1.54, 1.807) is 0 Å². The highest BCUT2D eigenvalue weighted by molar-refractivity contribution is 4.85. The fraction of sp³-hybridized carbons (Fsp3) is 1.00. The Bertz CT molecular complexity index is 250. The Morgan fingerprint density at radius 3 is 2.28 bits per heavy atom. The van der Waals surface area contributed by atoms with Crippen molar-refractivity contribution in [3.63, 3.8) is 0 Å². The van der Waals surface area contributed by atoms with Crippen molar-refractivity contribution in [3.8, 4) is 0 Å². The zero-order chi connectivity index (χ0) is 12.4. The van der Waals surface area contributed by atoms with Gasteiger partial charge in [0.2, 0.25) is 0 Å². The molecule has 2 heterocycles. The van der Waals surface area contributed by atoms with Crippen molar-refractivity contribution in [2.75, 3.05) is 45.8 Å². The molecule has 0 amide bonds. The molecule has 18 heavy (non-hydrogen) atoms. The minimum atomic E-state index is 0.879. The first-order chi connectivity index (χ1) is 8.83. The normalized spacial score (nSPS) is 30.5. The molecule has 3 heteroatoms. The maximum atomic E-state index is 3.40. The first-order valence-electron chi connectivity index (χ1n) is 8.00. The van der Waals surface area contributed by atoms with E-state index in [0.717, 1.165) is 17.9 Å². The zero-order valence-electron chi connectivity index (χ0n) is 11.9. The van der Waals surface area contributed by atoms with Crippen LogP contribution in [0.15, 0.2) is 0 Å². The predicted octanol–water partition coefficient (Wildman–Crippen LogP) is 1.40. The van der Waals surface area contributed by atoms with Crippen LogP contribution in [0.3, 0.4) is 0 Å². The van der Waals surface area contributed by atoms with Crippen LogP contribution >= 0.6 is 0 Å². The summed E-state index contributed by atoms with van der Waals surface area (Å²) in [7, 11) is 0. The fourth-order valence-electron chi connectivity index (χ4n) is 3.85. The molecular formula is C15H29N3. The van der Waals surface area contributed by atoms with Crippen molar-refractivity contribution >= 4 is 0 Å². The molecular weight excluding hydrogens is 222 g/mol. The van der Waals surface area contributed by atoms with Crippen LogP contribution in [-0.4, -0.2) is 61.7 Å². The molecule has 0 spiro atoms. The summed E-state index contributed by atoms with van der Waals surface area (Å²) in [5, 5.41) is 3.40. The van der Waals surface area contributed by atoms with E-state index < -0.39 is 0 Å². The standard InChI is InChI=1S/C15H29N3/c1-13(14-10-16-11-14)12-17-6-8-18(9-7-17)15-4-2-3-5-15/h13-16H,2-12H2,1H3. The van der Waals surface area contributed by atoms with Crippen LogP contribution in [0.1, 0.15) is 32.6 Å². The average molecular weight is 251 g/mol. The van der Waals surface area contributed by atoms with Crippen LogP contribution in [0, 0.1) is 11.8 Å². The molecule has 0 aromatic carbocycles. The van der Waals surface area contributed by atoms with Gasteiger partial charge in [0.05, 0.1) is 0 Å². The quantitative estimate of drug-likeness (QED) is 0.815. The first-order valence-corrected chi connectivity index (χ1v) is 8.00. The Balaban J connectivity index is 1.39. The summed E-state index contributed by atoms with van der Waals surface area (Å²) in [4.78, 5) is 5.47. The number of nitrogens with zero attached hydrogens (tertiary/aromatic N) is 2. The van der Waals surface area contributed by atoms with Gasteiger partial charge in [0.25, 0.3) is 0 Å². The van der Waals surface area contributed by atoms with Gasteiger partial charge in [0.15, 0.2) is 0 Å². The third-order valence-electron chi connectivity index (χ3n) is 5.41. The van der Waals surface area contributed by atoms with Gasteiger partial charge in [-0.3, -0.25) is 4.90 Å². The lowest BCUT2D eigenvalue weighted by molar-refractivity contribution is 0.0763. The van der Waals surface area contributed by atoms with Gasteiger partial charge < -0.3 is 10.2 Å². The summed E-state index contributed by atoms with van der Waals surface area (Å²) < 4.78 is 0. The molecule has 2 aliphatic heterocycles. The Morgan fingerprint density at radius 1 is 1.06 bits per heavy atom. The number of rotatable bonds is 4. The highest BCUT2D eigenvalue weighted by Gasteiger charge is 2.29. The van der Waals surface area contributed by atoms with Crippen molar-refractivity contribution in [2.24, 2.45) is 11.8 Å². The van der Waals surface area contributed by atoms with Crippen molar-refractivity contribution in [1.82, 2.24) is 15.1 Å². The van der Waals surface area contributed by atoms with Gasteiger partial charge in [-0.15, -0.1) is 0 Å². The lowest BCUT2D eigenvalue weighted by Gasteiger charge is -2.41. The SMILES string of the molecule is CC(CN1CCN(C2CCCC2)CC1)C1CNC1. The van der Waals surface area contributed by atoms with Crippen LogP contribution in [-0.2, 0) is 0 Å². The van der Waals surface area contributed by atoms with E-state index in [0.29, 0.717) is 0 Å². The second-order valence-electron chi connectivity index (χ2n) is 6.67. The Kier molecular flexibility index (Phi) is 4.22. The molecule has 2 saturated heterocycles. The number of piperazine rings is 1. The zero-order valence-corrected chi connectivity index (χ0v) is 11.9. The monoisotopic (exact) mass is 251 g/mol. The van der Waals surface area contributed by atoms with E-state index in [2.05, 4.69) is 22.0 Å². The van der Waals surface area contributed by atoms with Crippen LogP contribution in [0.4, 0.5) is 0 Å². The van der Waals surface area contributed by atoms with Gasteiger partial charge in [0.1, 0.15) is 0 Å². The van der Waals surface area contributed by atoms with Crippen LogP contribution in [0.2, 0.25) is 0 Å². The van der Waals surface area contributed by atoms with Gasteiger partial charge in [-0.1, -0.05) is 19.8 Å². The Hall–Kier alpha value is -0.120. The third-order valence-corrected chi connectivity index (χ3v) is 5.41. The Labute approximate surface area is 112 Å². The van der Waals surface area contributed by atoms with Crippen LogP contribution < -0.4 is 5.32 Å². The van der Waals surface area contributed by atoms with E-state index in [4.69, 9.17) is 0 Å². The summed E-state index contributed by atoms with van der Waals surface area (Å²) in [5.41, 5.74) is 0. The fourth-order valence-corrected chi connectivity index (χ4v) is 3.85. The van der Waals surface area contributed by atoms with E-state index in [9.17, 15) is 0 Å². The minimum absolute atomic E-state index is 0.879. The molecule has 104 valence electrons. The Morgan fingerprint density at radius 2 is 1.72 bits per heavy atom. The van der Waals surface area contributed by atoms with Gasteiger partial charge in [-0.25, -0.2) is 0 Å². The lowest BCUT2D eigenvalue weighted by Crippen LogP contribution is -2.53. The molecule has 3 fully saturated rings. The molecule has 0 aromatic rings. The van der Waals surface area contributed by atoms with Gasteiger partial charge >= 0.3 is 0 Å². The van der Waals surface area contributed by atoms with Gasteiger partial charge in [-0.2, -0.15) is 0 Å². The molecule has 3 aliphatic rings. The van der Waals surface area contributed by atoms with E-state index in [1.165, 1.54) is 71.5 Å². The minimum Gasteiger partial charge on any atom is -0.316 e. The topological polar surface area (TPSA) is 18.5 Å². The number of hydrogen-bond donors (Lipinski definition) is 1. The molecule has 1 saturated carbocycles. The summed E-state index contributed by atoms with van der Waals surface area (Å²) in [6.07, 6.45) is 5.86. The molecule has 1 unspecified atom stereocenters. The molecule has 1 N–H and O–H groups in total. The van der Waals surface area contributed by atoms with Crippen LogP contribution in [0.5, 0.6) is 0 Å². The molecule has 0 aromatic heterocycles. The summed E-state index contributed by atoms with van der Waals surface area (Å²) >= 11 is 0. The summed E-state index contributed by atoms with van der Waals surface area (Å²) in [6, 6.07) is 0.931. The van der Waals surface area contributed by atoms with Gasteiger partial charge in [-0.05, 0) is 37.8 Å². The molecule has 1 aliphatic carbocycles. The average Bonchev–Trinajstić information content (AvgIpc) is 2.81. The first kappa shape index (κ1) is 12.9. The second-order valence-corrected chi connectivity index (χ2v) is 6.67. The van der Waals surface area contributed by atoms with E-state index in [-0.39, 0.29) is 0 Å². The molecule has 0 radical (unpaired) electrons. The van der Waals surface area contributed by atoms with Crippen LogP contribution in [0.25, 0.3) is 0 Å². The molecule has 1 atom stereocenters. The van der Waals surface area contributed by atoms with Gasteiger partial charge in [0, 0.05) is 38.8 Å². The maximum Gasteiger partial charge on any atom is 0.0113 e. The highest BCUT2D eigenvalue weighted by Crippen LogP contribution is 2.25. The highest BCUT2D eigenvalue weighted by atomic mass is 15.3. The number of hydrogen-bond acceptors (Lipinski definition) is 3. The lowest BCUT2D eigenvalue weighted by atomic mass is 9.88. The van der Waals surface area contributed by atoms with E-state index in [1.807, 2.05) is 0 Å². The van der Waals surface area contributed by atoms with Crippen molar-refractivity contribution in [1.29, 1.82) is 0 Å². The van der Waals surface area contributed by atoms with Crippen molar-refractivity contribution < 1.29 is 0 Å². The molecule has 3 nitrogen and oxygen atoms in total. The third kappa shape index (κ3) is 2.89. The largest absolute Gasteiger partial charge is 0.316 e. The summed E-state index contributed by atoms with van der Waals surface area (Å²) in [6.45, 7) is 11.5. The van der Waals surface area contributed by atoms with Crippen molar-refractivity contribution in [2.45, 2.75) is 38.6 Å². The maximum absolute atomic E-state index is 3.40. The summed E-state index contributed by atoms with van der Waals surface area (Å²) in [5.74, 6) is 1.82. The van der Waals surface area contributed by atoms with Crippen molar-refractivity contribution in [3.05, 3.63) is 0 Å².